The monoisotopic (exact) mass is 464 g/mol. The van der Waals surface area contributed by atoms with Crippen LogP contribution in [-0.4, -0.2) is 20.1 Å². The fraction of sp³-hybridized carbons (Fsp3) is 0.111. The first-order chi connectivity index (χ1) is 12.0. The highest BCUT2D eigenvalue weighted by Gasteiger charge is 2.12. The average molecular weight is 466 g/mol. The van der Waals surface area contributed by atoms with Gasteiger partial charge < -0.3 is 14.8 Å². The van der Waals surface area contributed by atoms with Crippen LogP contribution >= 0.6 is 31.9 Å². The highest BCUT2D eigenvalue weighted by Crippen LogP contribution is 2.35. The number of carbonyl (C=O) groups excluding carboxylic acids is 1. The minimum atomic E-state index is -0.501. The molecule has 0 spiro atoms. The van der Waals surface area contributed by atoms with E-state index in [1.165, 1.54) is 6.08 Å². The van der Waals surface area contributed by atoms with E-state index in [9.17, 15) is 10.1 Å². The second-order valence-electron chi connectivity index (χ2n) is 4.87. The van der Waals surface area contributed by atoms with Gasteiger partial charge in [-0.25, -0.2) is 0 Å². The number of hydrogen-bond donors (Lipinski definition) is 1. The third-order valence-corrected chi connectivity index (χ3v) is 4.41. The summed E-state index contributed by atoms with van der Waals surface area (Å²) in [7, 11) is 3.10. The lowest BCUT2D eigenvalue weighted by atomic mass is 10.1. The highest BCUT2D eigenvalue weighted by molar-refractivity contribution is 9.11. The molecule has 7 heteroatoms. The summed E-state index contributed by atoms with van der Waals surface area (Å²) in [5, 5.41) is 12.0. The Morgan fingerprint density at radius 3 is 2.40 bits per heavy atom. The topological polar surface area (TPSA) is 71.3 Å². The van der Waals surface area contributed by atoms with Crippen LogP contribution in [0.4, 0.5) is 5.69 Å². The van der Waals surface area contributed by atoms with E-state index in [1.807, 2.05) is 6.07 Å². The fourth-order valence-electron chi connectivity index (χ4n) is 2.07. The van der Waals surface area contributed by atoms with Crippen LogP contribution in [0.3, 0.4) is 0 Å². The van der Waals surface area contributed by atoms with Crippen LogP contribution in [0.2, 0.25) is 0 Å². The third kappa shape index (κ3) is 4.84. The Balaban J connectivity index is 2.28. The Kier molecular flexibility index (Phi) is 6.62. The summed E-state index contributed by atoms with van der Waals surface area (Å²) in [5.74, 6) is 0.749. The maximum absolute atomic E-state index is 12.3. The lowest BCUT2D eigenvalue weighted by molar-refractivity contribution is -0.112. The number of rotatable bonds is 5. The number of anilines is 1. The lowest BCUT2D eigenvalue weighted by Crippen LogP contribution is -2.13. The number of carbonyl (C=O) groups is 1. The van der Waals surface area contributed by atoms with Crippen LogP contribution in [0.25, 0.3) is 6.08 Å². The predicted molar refractivity (Wildman–Crippen MR) is 104 cm³/mol. The van der Waals surface area contributed by atoms with E-state index in [0.29, 0.717) is 31.7 Å². The Morgan fingerprint density at radius 2 is 1.84 bits per heavy atom. The first kappa shape index (κ1) is 19.0. The number of halogens is 2. The van der Waals surface area contributed by atoms with Crippen molar-refractivity contribution in [2.45, 2.75) is 0 Å². The second-order valence-corrected chi connectivity index (χ2v) is 6.58. The molecule has 0 aliphatic rings. The molecule has 2 rings (SSSR count). The molecule has 1 amide bonds. The van der Waals surface area contributed by atoms with Gasteiger partial charge in [-0.15, -0.1) is 0 Å². The standard InChI is InChI=1S/C18H14Br2N2O3/c1-24-14-5-3-4-13(9-14)22-18(23)12(10-21)6-11-7-15(19)17(25-2)16(20)8-11/h3-9H,1-2H3,(H,22,23)/b12-6+. The van der Waals surface area contributed by atoms with Crippen LogP contribution in [-0.2, 0) is 4.79 Å². The molecular weight excluding hydrogens is 452 g/mol. The Labute approximate surface area is 162 Å². The number of methoxy groups -OCH3 is 2. The predicted octanol–water partition coefficient (Wildman–Crippen LogP) is 4.77. The van der Waals surface area contributed by atoms with Gasteiger partial charge in [0, 0.05) is 11.8 Å². The molecule has 5 nitrogen and oxygen atoms in total. The zero-order chi connectivity index (χ0) is 18.4. The molecule has 0 aliphatic heterocycles. The van der Waals surface area contributed by atoms with E-state index in [1.54, 1.807) is 50.6 Å². The van der Waals surface area contributed by atoms with E-state index in [-0.39, 0.29) is 5.57 Å². The molecule has 128 valence electrons. The van der Waals surface area contributed by atoms with Gasteiger partial charge in [-0.1, -0.05) is 6.07 Å². The van der Waals surface area contributed by atoms with E-state index in [2.05, 4.69) is 37.2 Å². The number of hydrogen-bond acceptors (Lipinski definition) is 4. The van der Waals surface area contributed by atoms with Gasteiger partial charge in [0.15, 0.2) is 0 Å². The van der Waals surface area contributed by atoms with Crippen molar-refractivity contribution >= 4 is 49.5 Å². The van der Waals surface area contributed by atoms with Gasteiger partial charge >= 0.3 is 0 Å². The van der Waals surface area contributed by atoms with Gasteiger partial charge in [0.2, 0.25) is 0 Å². The van der Waals surface area contributed by atoms with Crippen molar-refractivity contribution in [3.8, 4) is 17.6 Å². The summed E-state index contributed by atoms with van der Waals surface area (Å²) < 4.78 is 11.8. The second kappa shape index (κ2) is 8.70. The van der Waals surface area contributed by atoms with Crippen molar-refractivity contribution in [2.75, 3.05) is 19.5 Å². The Morgan fingerprint density at radius 1 is 1.16 bits per heavy atom. The van der Waals surface area contributed by atoms with Gasteiger partial charge in [0.25, 0.3) is 5.91 Å². The normalized spacial score (nSPS) is 10.8. The van der Waals surface area contributed by atoms with Crippen molar-refractivity contribution in [1.29, 1.82) is 5.26 Å². The number of nitrogens with one attached hydrogen (secondary N) is 1. The highest BCUT2D eigenvalue weighted by atomic mass is 79.9. The van der Waals surface area contributed by atoms with E-state index in [4.69, 9.17) is 9.47 Å². The molecule has 0 heterocycles. The fourth-order valence-corrected chi connectivity index (χ4v) is 3.62. The smallest absolute Gasteiger partial charge is 0.266 e. The Hall–Kier alpha value is -2.30. The first-order valence-corrected chi connectivity index (χ1v) is 8.67. The molecule has 25 heavy (non-hydrogen) atoms. The molecule has 0 atom stereocenters. The third-order valence-electron chi connectivity index (χ3n) is 3.23. The minimum Gasteiger partial charge on any atom is -0.497 e. The minimum absolute atomic E-state index is 0.0215. The summed E-state index contributed by atoms with van der Waals surface area (Å²) in [6.45, 7) is 0. The molecule has 2 aromatic rings. The van der Waals surface area contributed by atoms with E-state index in [0.717, 1.165) is 0 Å². The quantitative estimate of drug-likeness (QED) is 0.509. The van der Waals surface area contributed by atoms with Crippen LogP contribution in [0.5, 0.6) is 11.5 Å². The van der Waals surface area contributed by atoms with Crippen LogP contribution in [0, 0.1) is 11.3 Å². The molecule has 2 aromatic carbocycles. The Bertz CT molecular complexity index is 850. The molecule has 0 radical (unpaired) electrons. The molecule has 0 aromatic heterocycles. The van der Waals surface area contributed by atoms with Gasteiger partial charge in [0.05, 0.1) is 23.2 Å². The molecule has 0 bridgehead atoms. The SMILES string of the molecule is COc1cccc(NC(=O)/C(C#N)=C/c2cc(Br)c(OC)c(Br)c2)c1. The van der Waals surface area contributed by atoms with Crippen LogP contribution < -0.4 is 14.8 Å². The molecule has 1 N–H and O–H groups in total. The lowest BCUT2D eigenvalue weighted by Gasteiger charge is -2.08. The van der Waals surface area contributed by atoms with Crippen molar-refractivity contribution in [1.82, 2.24) is 0 Å². The zero-order valence-corrected chi connectivity index (χ0v) is 16.6. The van der Waals surface area contributed by atoms with Gasteiger partial charge in [-0.2, -0.15) is 5.26 Å². The summed E-state index contributed by atoms with van der Waals surface area (Å²) in [6, 6.07) is 12.4. The van der Waals surface area contributed by atoms with Crippen molar-refractivity contribution in [2.24, 2.45) is 0 Å². The number of benzene rings is 2. The number of nitrogens with zero attached hydrogens (tertiary/aromatic N) is 1. The number of ether oxygens (including phenoxy) is 2. The van der Waals surface area contributed by atoms with Crippen LogP contribution in [0.15, 0.2) is 50.9 Å². The van der Waals surface area contributed by atoms with Crippen LogP contribution in [0.1, 0.15) is 5.56 Å². The van der Waals surface area contributed by atoms with Gasteiger partial charge in [-0.3, -0.25) is 4.79 Å². The summed E-state index contributed by atoms with van der Waals surface area (Å²) in [6.07, 6.45) is 1.50. The molecule has 0 unspecified atom stereocenters. The molecule has 0 saturated carbocycles. The molecule has 0 saturated heterocycles. The molecular formula is C18H14Br2N2O3. The zero-order valence-electron chi connectivity index (χ0n) is 13.5. The van der Waals surface area contributed by atoms with E-state index < -0.39 is 5.91 Å². The van der Waals surface area contributed by atoms with Crippen molar-refractivity contribution in [3.05, 3.63) is 56.5 Å². The van der Waals surface area contributed by atoms with E-state index >= 15 is 0 Å². The number of amides is 1. The molecule has 0 aliphatic carbocycles. The maximum atomic E-state index is 12.3. The van der Waals surface area contributed by atoms with Gasteiger partial charge in [-0.05, 0) is 67.8 Å². The maximum Gasteiger partial charge on any atom is 0.266 e. The summed E-state index contributed by atoms with van der Waals surface area (Å²) in [4.78, 5) is 12.3. The summed E-state index contributed by atoms with van der Waals surface area (Å²) >= 11 is 6.79. The summed E-state index contributed by atoms with van der Waals surface area (Å²) in [5.41, 5.74) is 1.20. The van der Waals surface area contributed by atoms with Gasteiger partial charge in [0.1, 0.15) is 23.1 Å². The molecule has 0 fully saturated rings. The van der Waals surface area contributed by atoms with Crippen molar-refractivity contribution in [3.63, 3.8) is 0 Å². The van der Waals surface area contributed by atoms with Crippen molar-refractivity contribution < 1.29 is 14.3 Å². The number of nitriles is 1. The largest absolute Gasteiger partial charge is 0.497 e. The first-order valence-electron chi connectivity index (χ1n) is 7.08. The average Bonchev–Trinajstić information content (AvgIpc) is 2.59.